The van der Waals surface area contributed by atoms with E-state index in [9.17, 15) is 0 Å². The Bertz CT molecular complexity index is 568. The molecule has 0 aliphatic rings. The Morgan fingerprint density at radius 1 is 1.03 bits per heavy atom. The van der Waals surface area contributed by atoms with Gasteiger partial charge in [0.1, 0.15) is 0 Å². The summed E-state index contributed by atoms with van der Waals surface area (Å²) >= 11 is 0. The molecule has 0 aromatic heterocycles. The molecule has 2 N–H and O–H groups in total. The summed E-state index contributed by atoms with van der Waals surface area (Å²) in [6, 6.07) is 9.59. The van der Waals surface area contributed by atoms with Crippen molar-refractivity contribution in [1.29, 1.82) is 0 Å². The summed E-state index contributed by atoms with van der Waals surface area (Å²) in [5.41, 5.74) is 2.39. The van der Waals surface area contributed by atoms with Gasteiger partial charge in [-0.3, -0.25) is 9.89 Å². The minimum absolute atomic E-state index is 0.572. The molecule has 0 heterocycles. The van der Waals surface area contributed by atoms with Crippen LogP contribution in [0.3, 0.4) is 0 Å². The zero-order valence-electron chi connectivity index (χ0n) is 19.3. The molecule has 0 amide bonds. The largest absolute Gasteiger partial charge is 0.379 e. The van der Waals surface area contributed by atoms with Gasteiger partial charge in [0.05, 0.1) is 19.8 Å². The molecule has 0 fully saturated rings. The number of rotatable bonds is 14. The lowest BCUT2D eigenvalue weighted by Crippen LogP contribution is -2.41. The summed E-state index contributed by atoms with van der Waals surface area (Å²) in [4.78, 5) is 6.85. The SMILES string of the molecule is CCOCCOCc1cccc(CNC(=NC)NCCCN(C(C)C)C(C)C)c1. The summed E-state index contributed by atoms with van der Waals surface area (Å²) in [7, 11) is 1.81. The molecule has 6 nitrogen and oxygen atoms in total. The predicted molar refractivity (Wildman–Crippen MR) is 122 cm³/mol. The second-order valence-corrected chi connectivity index (χ2v) is 7.70. The maximum Gasteiger partial charge on any atom is 0.191 e. The van der Waals surface area contributed by atoms with E-state index in [1.807, 2.05) is 14.0 Å². The fourth-order valence-corrected chi connectivity index (χ4v) is 3.27. The molecule has 0 spiro atoms. The van der Waals surface area contributed by atoms with Crippen molar-refractivity contribution in [2.75, 3.05) is 40.0 Å². The van der Waals surface area contributed by atoms with E-state index in [-0.39, 0.29) is 0 Å². The van der Waals surface area contributed by atoms with Crippen molar-refractivity contribution in [2.24, 2.45) is 4.99 Å². The lowest BCUT2D eigenvalue weighted by Gasteiger charge is -2.30. The van der Waals surface area contributed by atoms with Gasteiger partial charge >= 0.3 is 0 Å². The van der Waals surface area contributed by atoms with E-state index in [0.717, 1.165) is 38.6 Å². The molecule has 1 rings (SSSR count). The molecule has 6 heteroatoms. The normalized spacial score (nSPS) is 12.2. The van der Waals surface area contributed by atoms with Gasteiger partial charge in [0, 0.05) is 45.4 Å². The van der Waals surface area contributed by atoms with Gasteiger partial charge < -0.3 is 20.1 Å². The molecular weight excluding hydrogens is 364 g/mol. The molecule has 0 saturated heterocycles. The fourth-order valence-electron chi connectivity index (χ4n) is 3.27. The molecule has 0 bridgehead atoms. The molecule has 0 aliphatic carbocycles. The number of aliphatic imine (C=N–C) groups is 1. The maximum atomic E-state index is 5.66. The highest BCUT2D eigenvalue weighted by molar-refractivity contribution is 5.79. The van der Waals surface area contributed by atoms with Gasteiger partial charge in [-0.25, -0.2) is 0 Å². The minimum atomic E-state index is 0.572. The Morgan fingerprint density at radius 3 is 2.38 bits per heavy atom. The molecule has 0 atom stereocenters. The molecular formula is C23H42N4O2. The van der Waals surface area contributed by atoms with E-state index in [1.54, 1.807) is 0 Å². The van der Waals surface area contributed by atoms with Crippen molar-refractivity contribution in [3.05, 3.63) is 35.4 Å². The first-order valence-electron chi connectivity index (χ1n) is 10.9. The van der Waals surface area contributed by atoms with Crippen LogP contribution in [-0.2, 0) is 22.6 Å². The van der Waals surface area contributed by atoms with Crippen LogP contribution < -0.4 is 10.6 Å². The molecule has 0 unspecified atom stereocenters. The molecule has 1 aromatic carbocycles. The van der Waals surface area contributed by atoms with Gasteiger partial charge in [-0.15, -0.1) is 0 Å². The number of guanidine groups is 1. The summed E-state index contributed by atoms with van der Waals surface area (Å²) in [5.74, 6) is 0.837. The lowest BCUT2D eigenvalue weighted by molar-refractivity contribution is 0.0453. The summed E-state index contributed by atoms with van der Waals surface area (Å²) in [6.07, 6.45) is 1.09. The minimum Gasteiger partial charge on any atom is -0.379 e. The smallest absolute Gasteiger partial charge is 0.191 e. The van der Waals surface area contributed by atoms with Crippen molar-refractivity contribution in [2.45, 2.75) is 66.3 Å². The average Bonchev–Trinajstić information content (AvgIpc) is 2.69. The molecule has 29 heavy (non-hydrogen) atoms. The Kier molecular flexibility index (Phi) is 13.4. The first kappa shape index (κ1) is 25.4. The second kappa shape index (κ2) is 15.2. The predicted octanol–water partition coefficient (Wildman–Crippen LogP) is 3.41. The van der Waals surface area contributed by atoms with Gasteiger partial charge in [0.15, 0.2) is 5.96 Å². The Labute approximate surface area is 178 Å². The molecule has 0 saturated carbocycles. The number of hydrogen-bond donors (Lipinski definition) is 2. The standard InChI is InChI=1S/C23H42N4O2/c1-7-28-14-15-29-18-22-11-8-10-21(16-22)17-26-23(24-6)25-12-9-13-27(19(2)3)20(4)5/h8,10-11,16,19-20H,7,9,12-15,17-18H2,1-6H3,(H2,24,25,26). The van der Waals surface area contributed by atoms with E-state index in [2.05, 4.69) is 72.5 Å². The van der Waals surface area contributed by atoms with Crippen molar-refractivity contribution < 1.29 is 9.47 Å². The molecule has 1 aromatic rings. The highest BCUT2D eigenvalue weighted by Crippen LogP contribution is 2.07. The number of nitrogens with zero attached hydrogens (tertiary/aromatic N) is 2. The van der Waals surface area contributed by atoms with Gasteiger partial charge in [-0.05, 0) is 52.2 Å². The second-order valence-electron chi connectivity index (χ2n) is 7.70. The van der Waals surface area contributed by atoms with Crippen molar-refractivity contribution in [1.82, 2.24) is 15.5 Å². The van der Waals surface area contributed by atoms with Crippen LogP contribution >= 0.6 is 0 Å². The van der Waals surface area contributed by atoms with E-state index in [0.29, 0.717) is 31.9 Å². The van der Waals surface area contributed by atoms with Crippen molar-refractivity contribution >= 4 is 5.96 Å². The van der Waals surface area contributed by atoms with Crippen LogP contribution in [0, 0.1) is 0 Å². The Morgan fingerprint density at radius 2 is 1.72 bits per heavy atom. The summed E-state index contributed by atoms with van der Waals surface area (Å²) in [6.45, 7) is 16.3. The average molecular weight is 407 g/mol. The summed E-state index contributed by atoms with van der Waals surface area (Å²) in [5, 5.41) is 6.81. The van der Waals surface area contributed by atoms with Crippen molar-refractivity contribution in [3.63, 3.8) is 0 Å². The third kappa shape index (κ3) is 11.2. The van der Waals surface area contributed by atoms with E-state index < -0.39 is 0 Å². The number of ether oxygens (including phenoxy) is 2. The zero-order valence-corrected chi connectivity index (χ0v) is 19.3. The maximum absolute atomic E-state index is 5.66. The van der Waals surface area contributed by atoms with Crippen LogP contribution in [0.5, 0.6) is 0 Å². The highest BCUT2D eigenvalue weighted by atomic mass is 16.5. The van der Waals surface area contributed by atoms with E-state index >= 15 is 0 Å². The van der Waals surface area contributed by atoms with Crippen molar-refractivity contribution in [3.8, 4) is 0 Å². The van der Waals surface area contributed by atoms with Crippen LogP contribution in [0.25, 0.3) is 0 Å². The summed E-state index contributed by atoms with van der Waals surface area (Å²) < 4.78 is 10.9. The first-order chi connectivity index (χ1) is 14.0. The van der Waals surface area contributed by atoms with Crippen LogP contribution in [0.2, 0.25) is 0 Å². The van der Waals surface area contributed by atoms with Crippen LogP contribution in [0.15, 0.2) is 29.3 Å². The third-order valence-electron chi connectivity index (χ3n) is 4.73. The monoisotopic (exact) mass is 406 g/mol. The van der Waals surface area contributed by atoms with E-state index in [1.165, 1.54) is 11.1 Å². The third-order valence-corrected chi connectivity index (χ3v) is 4.73. The molecule has 0 aliphatic heterocycles. The van der Waals surface area contributed by atoms with Gasteiger partial charge in [0.25, 0.3) is 0 Å². The number of nitrogens with one attached hydrogen (secondary N) is 2. The van der Waals surface area contributed by atoms with Crippen LogP contribution in [0.1, 0.15) is 52.2 Å². The molecule has 166 valence electrons. The van der Waals surface area contributed by atoms with Gasteiger partial charge in [-0.2, -0.15) is 0 Å². The van der Waals surface area contributed by atoms with Crippen LogP contribution in [0.4, 0.5) is 0 Å². The molecule has 0 radical (unpaired) electrons. The highest BCUT2D eigenvalue weighted by Gasteiger charge is 2.12. The first-order valence-corrected chi connectivity index (χ1v) is 10.9. The fraction of sp³-hybridized carbons (Fsp3) is 0.696. The topological polar surface area (TPSA) is 58.1 Å². The van der Waals surface area contributed by atoms with Gasteiger partial charge in [-0.1, -0.05) is 24.3 Å². The van der Waals surface area contributed by atoms with E-state index in [4.69, 9.17) is 9.47 Å². The number of benzene rings is 1. The van der Waals surface area contributed by atoms with Gasteiger partial charge in [0.2, 0.25) is 0 Å². The van der Waals surface area contributed by atoms with Crippen LogP contribution in [-0.4, -0.2) is 62.9 Å². The Hall–Kier alpha value is -1.63. The quantitative estimate of drug-likeness (QED) is 0.282. The lowest BCUT2D eigenvalue weighted by atomic mass is 10.1. The Balaban J connectivity index is 2.34. The zero-order chi connectivity index (χ0) is 21.5. The number of hydrogen-bond acceptors (Lipinski definition) is 4.